The molecule has 13 nitrogen and oxygen atoms in total. The second kappa shape index (κ2) is 19.3. The maximum absolute atomic E-state index is 13.9. The molecule has 15 heteroatoms. The molecule has 0 radical (unpaired) electrons. The van der Waals surface area contributed by atoms with E-state index in [0.717, 1.165) is 51.8 Å². The molecule has 0 bridgehead atoms. The van der Waals surface area contributed by atoms with Crippen LogP contribution in [0.5, 0.6) is 17.6 Å². The van der Waals surface area contributed by atoms with Crippen molar-refractivity contribution in [3.05, 3.63) is 128 Å². The normalized spacial score (nSPS) is 18.0. The molecule has 3 aliphatic rings. The van der Waals surface area contributed by atoms with E-state index in [9.17, 15) is 14.4 Å². The van der Waals surface area contributed by atoms with Gasteiger partial charge in [-0.25, -0.2) is 0 Å². The summed E-state index contributed by atoms with van der Waals surface area (Å²) in [6.45, 7) is 2.47. The predicted molar refractivity (Wildman–Crippen MR) is 233 cm³/mol. The third-order valence-electron chi connectivity index (χ3n) is 11.2. The molecule has 0 spiro atoms. The summed E-state index contributed by atoms with van der Waals surface area (Å²) in [5.41, 5.74) is 6.55. The van der Waals surface area contributed by atoms with Gasteiger partial charge in [-0.2, -0.15) is 9.97 Å². The molecule has 0 unspecified atom stereocenters. The number of amides is 3. The van der Waals surface area contributed by atoms with Crippen molar-refractivity contribution < 1.29 is 28.6 Å². The number of carbonyl (C=O) groups excluding carboxylic acids is 3. The number of halogens is 2. The van der Waals surface area contributed by atoms with E-state index in [1.807, 2.05) is 66.7 Å². The SMILES string of the molecule is COc1nc(O[C@H]2CCc3c(-c4cccc(C(=O)Nc5ccc(CNC[C@@H]6CCC(=O)N6)c(OCc6ccccc6)n5)c4Cl)cccc32)c(Cl)cc1CNC[C@@H]1CCC(=O)N1. The summed E-state index contributed by atoms with van der Waals surface area (Å²) in [7, 11) is 1.56. The highest BCUT2D eigenvalue weighted by Crippen LogP contribution is 2.43. The van der Waals surface area contributed by atoms with Crippen molar-refractivity contribution >= 4 is 46.7 Å². The molecule has 4 heterocycles. The van der Waals surface area contributed by atoms with Gasteiger partial charge < -0.3 is 40.8 Å². The number of anilines is 1. The minimum absolute atomic E-state index is 0.0691. The number of methoxy groups -OCH3 is 1. The highest BCUT2D eigenvalue weighted by atomic mass is 35.5. The van der Waals surface area contributed by atoms with Gasteiger partial charge in [0.05, 0.1) is 17.7 Å². The van der Waals surface area contributed by atoms with Crippen LogP contribution in [-0.2, 0) is 35.7 Å². The van der Waals surface area contributed by atoms with Crippen molar-refractivity contribution in [3.8, 4) is 28.8 Å². The van der Waals surface area contributed by atoms with Crippen LogP contribution in [0.25, 0.3) is 11.1 Å². The van der Waals surface area contributed by atoms with Gasteiger partial charge in [-0.3, -0.25) is 14.4 Å². The maximum atomic E-state index is 13.9. The molecule has 5 N–H and O–H groups in total. The van der Waals surface area contributed by atoms with Gasteiger partial charge in [0.1, 0.15) is 23.6 Å². The van der Waals surface area contributed by atoms with Crippen molar-refractivity contribution in [3.63, 3.8) is 0 Å². The van der Waals surface area contributed by atoms with Gasteiger partial charge >= 0.3 is 0 Å². The third-order valence-corrected chi connectivity index (χ3v) is 11.8. The van der Waals surface area contributed by atoms with E-state index in [0.29, 0.717) is 91.7 Å². The first kappa shape index (κ1) is 42.0. The molecular formula is C46H47Cl2N7O6. The second-order valence-electron chi connectivity index (χ2n) is 15.4. The molecule has 2 saturated heterocycles. The van der Waals surface area contributed by atoms with Crippen molar-refractivity contribution in [2.45, 2.75) is 76.4 Å². The molecule has 3 atom stereocenters. The van der Waals surface area contributed by atoms with E-state index < -0.39 is 5.91 Å². The van der Waals surface area contributed by atoms with Crippen molar-refractivity contribution in [1.82, 2.24) is 31.2 Å². The molecule has 5 aromatic rings. The van der Waals surface area contributed by atoms with E-state index in [1.165, 1.54) is 0 Å². The molecular weight excluding hydrogens is 817 g/mol. The van der Waals surface area contributed by atoms with E-state index in [2.05, 4.69) is 31.6 Å². The lowest BCUT2D eigenvalue weighted by atomic mass is 9.95. The second-order valence-corrected chi connectivity index (χ2v) is 16.2. The lowest BCUT2D eigenvalue weighted by molar-refractivity contribution is -0.120. The van der Waals surface area contributed by atoms with E-state index >= 15 is 0 Å². The van der Waals surface area contributed by atoms with E-state index in [-0.39, 0.29) is 35.9 Å². The zero-order valence-corrected chi connectivity index (χ0v) is 35.2. The molecule has 3 aromatic carbocycles. The summed E-state index contributed by atoms with van der Waals surface area (Å²) in [5.74, 6) is 1.11. The van der Waals surface area contributed by atoms with E-state index in [4.69, 9.17) is 42.4 Å². The summed E-state index contributed by atoms with van der Waals surface area (Å²) >= 11 is 13.8. The van der Waals surface area contributed by atoms with Gasteiger partial charge in [0.15, 0.2) is 0 Å². The van der Waals surface area contributed by atoms with Crippen LogP contribution >= 0.6 is 23.2 Å². The zero-order chi connectivity index (χ0) is 42.3. The summed E-state index contributed by atoms with van der Waals surface area (Å²) in [5, 5.41) is 16.3. The average molecular weight is 865 g/mol. The maximum Gasteiger partial charge on any atom is 0.258 e. The Morgan fingerprint density at radius 2 is 1.46 bits per heavy atom. The largest absolute Gasteiger partial charge is 0.481 e. The first-order chi connectivity index (χ1) is 29.7. The number of ether oxygens (including phenoxy) is 3. The lowest BCUT2D eigenvalue weighted by Gasteiger charge is -2.18. The number of rotatable bonds is 17. The van der Waals surface area contributed by atoms with Gasteiger partial charge in [-0.05, 0) is 72.2 Å². The number of pyridine rings is 2. The molecule has 61 heavy (non-hydrogen) atoms. The van der Waals surface area contributed by atoms with Crippen molar-refractivity contribution in [1.29, 1.82) is 0 Å². The number of hydrogen-bond donors (Lipinski definition) is 5. The van der Waals surface area contributed by atoms with Crippen LogP contribution in [0, 0.1) is 0 Å². The topological polar surface area (TPSA) is 165 Å². The van der Waals surface area contributed by atoms with Crippen LogP contribution in [0.2, 0.25) is 10.0 Å². The zero-order valence-electron chi connectivity index (χ0n) is 33.7. The van der Waals surface area contributed by atoms with Crippen LogP contribution in [0.4, 0.5) is 5.82 Å². The summed E-state index contributed by atoms with van der Waals surface area (Å²) in [6, 6.07) is 26.8. The quantitative estimate of drug-likeness (QED) is 0.0652. The Hall–Kier alpha value is -5.73. The van der Waals surface area contributed by atoms with Crippen LogP contribution in [0.1, 0.15) is 76.4 Å². The molecule has 2 aromatic heterocycles. The number of fused-ring (bicyclic) bond motifs is 1. The molecule has 2 fully saturated rings. The predicted octanol–water partition coefficient (Wildman–Crippen LogP) is 7.09. The molecule has 316 valence electrons. The number of nitrogens with zero attached hydrogens (tertiary/aromatic N) is 2. The highest BCUT2D eigenvalue weighted by molar-refractivity contribution is 6.37. The van der Waals surface area contributed by atoms with E-state index in [1.54, 1.807) is 25.3 Å². The van der Waals surface area contributed by atoms with Crippen molar-refractivity contribution in [2.75, 3.05) is 25.5 Å². The standard InChI is InChI=1S/C46H47Cl2N7O6/c1-59-44-29(23-50-25-31-15-20-41(57)52-31)21-37(47)46(55-44)61-38-17-16-33-32(9-5-10-34(33)38)35-11-6-12-36(42(35)48)43(58)53-39-18-13-28(22-49-24-30-14-19-40(56)51-30)45(54-39)60-26-27-7-3-2-4-8-27/h2-13,18,21,30-31,38,49-50H,14-17,19-20,22-26H2,1H3,(H,51,56)(H,52,57)(H,53,54,58)/t30-,31-,38-/m0/s1. The minimum atomic E-state index is -0.413. The van der Waals surface area contributed by atoms with Gasteiger partial charge in [-0.15, -0.1) is 0 Å². The van der Waals surface area contributed by atoms with Crippen LogP contribution < -0.4 is 40.8 Å². The van der Waals surface area contributed by atoms with Gasteiger partial charge in [0, 0.05) is 67.8 Å². The third kappa shape index (κ3) is 10.1. The van der Waals surface area contributed by atoms with Crippen LogP contribution in [0.3, 0.4) is 0 Å². The summed E-state index contributed by atoms with van der Waals surface area (Å²) in [4.78, 5) is 46.5. The fraction of sp³-hybridized carbons (Fsp3) is 0.326. The number of hydrogen-bond acceptors (Lipinski definition) is 10. The monoisotopic (exact) mass is 863 g/mol. The van der Waals surface area contributed by atoms with Gasteiger partial charge in [0.2, 0.25) is 29.5 Å². The van der Waals surface area contributed by atoms with Crippen LogP contribution in [-0.4, -0.2) is 60.0 Å². The number of aromatic nitrogens is 2. The first-order valence-electron chi connectivity index (χ1n) is 20.5. The number of carbonyl (C=O) groups is 3. The Morgan fingerprint density at radius 1 is 0.754 bits per heavy atom. The van der Waals surface area contributed by atoms with Gasteiger partial charge in [-0.1, -0.05) is 83.9 Å². The molecule has 2 aliphatic heterocycles. The average Bonchev–Trinajstić information content (AvgIpc) is 4.01. The van der Waals surface area contributed by atoms with Crippen LogP contribution in [0.15, 0.2) is 84.9 Å². The Kier molecular flexibility index (Phi) is 13.3. The van der Waals surface area contributed by atoms with Gasteiger partial charge in [0.25, 0.3) is 5.91 Å². The molecule has 0 saturated carbocycles. The first-order valence-corrected chi connectivity index (χ1v) is 21.3. The lowest BCUT2D eigenvalue weighted by Crippen LogP contribution is -2.35. The molecule has 3 amide bonds. The molecule has 8 rings (SSSR count). The van der Waals surface area contributed by atoms with Crippen molar-refractivity contribution in [2.24, 2.45) is 0 Å². The fourth-order valence-electron chi connectivity index (χ4n) is 8.05. The fourth-order valence-corrected chi connectivity index (χ4v) is 8.58. The smallest absolute Gasteiger partial charge is 0.258 e. The molecule has 1 aliphatic carbocycles. The highest BCUT2D eigenvalue weighted by Gasteiger charge is 2.30. The summed E-state index contributed by atoms with van der Waals surface area (Å²) < 4.78 is 18.3. The Balaban J connectivity index is 0.958. The number of nitrogens with one attached hydrogen (secondary N) is 5. The summed E-state index contributed by atoms with van der Waals surface area (Å²) in [6.07, 6.45) is 3.75. The number of benzene rings is 3. The Morgan fingerprint density at radius 3 is 2.16 bits per heavy atom. The Labute approximate surface area is 364 Å². The Bertz CT molecular complexity index is 2420. The minimum Gasteiger partial charge on any atom is -0.481 e.